The van der Waals surface area contributed by atoms with Crippen LogP contribution in [0.3, 0.4) is 0 Å². The minimum atomic E-state index is 0.159. The Morgan fingerprint density at radius 1 is 1.32 bits per heavy atom. The summed E-state index contributed by atoms with van der Waals surface area (Å²) >= 11 is 0. The van der Waals surface area contributed by atoms with Crippen molar-refractivity contribution in [2.75, 3.05) is 11.4 Å². The minimum Gasteiger partial charge on any atom is -0.293 e. The Hall–Kier alpha value is -1.65. The normalized spacial score (nSPS) is 32.4. The first kappa shape index (κ1) is 11.2. The van der Waals surface area contributed by atoms with E-state index in [0.717, 1.165) is 43.7 Å². The van der Waals surface area contributed by atoms with E-state index in [2.05, 4.69) is 27.6 Å². The van der Waals surface area contributed by atoms with Crippen LogP contribution in [0.5, 0.6) is 0 Å². The summed E-state index contributed by atoms with van der Waals surface area (Å²) in [6.45, 7) is 0.788. The first-order chi connectivity index (χ1) is 9.33. The fourth-order valence-corrected chi connectivity index (χ4v) is 3.77. The van der Waals surface area contributed by atoms with E-state index in [1.54, 1.807) is 0 Å². The summed E-state index contributed by atoms with van der Waals surface area (Å²) in [5.41, 5.74) is 0.941. The Kier molecular flexibility index (Phi) is 2.47. The smallest absolute Gasteiger partial charge is 0.231 e. The zero-order valence-electron chi connectivity index (χ0n) is 10.9. The highest BCUT2D eigenvalue weighted by Gasteiger charge is 2.40. The van der Waals surface area contributed by atoms with Gasteiger partial charge in [0.1, 0.15) is 5.69 Å². The van der Waals surface area contributed by atoms with Gasteiger partial charge in [-0.15, -0.1) is 5.10 Å². The fraction of sp³-hybridized carbons (Fsp3) is 0.643. The summed E-state index contributed by atoms with van der Waals surface area (Å²) in [5, 5.41) is 11.0. The molecule has 0 unspecified atom stereocenters. The van der Waals surface area contributed by atoms with Gasteiger partial charge in [-0.3, -0.25) is 9.69 Å². The van der Waals surface area contributed by atoms with Gasteiger partial charge in [-0.25, -0.2) is 0 Å². The highest BCUT2D eigenvalue weighted by molar-refractivity contribution is 5.95. The molecule has 2 bridgehead atoms. The number of allylic oxidation sites excluding steroid dienone is 2. The van der Waals surface area contributed by atoms with Crippen molar-refractivity contribution in [1.82, 2.24) is 15.4 Å². The van der Waals surface area contributed by atoms with Crippen LogP contribution in [0.1, 0.15) is 31.4 Å². The molecule has 1 N–H and O–H groups in total. The van der Waals surface area contributed by atoms with Crippen LogP contribution in [0, 0.1) is 17.8 Å². The van der Waals surface area contributed by atoms with Crippen molar-refractivity contribution in [2.45, 2.75) is 32.1 Å². The number of H-pyrrole nitrogens is 1. The molecule has 1 saturated carbocycles. The van der Waals surface area contributed by atoms with Gasteiger partial charge in [-0.1, -0.05) is 12.2 Å². The molecule has 1 fully saturated rings. The maximum Gasteiger partial charge on any atom is 0.231 e. The second kappa shape index (κ2) is 4.18. The van der Waals surface area contributed by atoms with E-state index in [1.807, 2.05) is 4.90 Å². The van der Waals surface area contributed by atoms with Crippen LogP contribution in [0.2, 0.25) is 0 Å². The Morgan fingerprint density at radius 2 is 2.26 bits per heavy atom. The quantitative estimate of drug-likeness (QED) is 0.780. The van der Waals surface area contributed by atoms with Crippen molar-refractivity contribution < 1.29 is 4.79 Å². The van der Waals surface area contributed by atoms with Gasteiger partial charge in [0.25, 0.3) is 0 Å². The molecule has 3 aliphatic carbocycles. The standard InChI is InChI=1S/C14H18N4O/c19-14(11-8-9-3-5-10(11)6-4-9)18-7-1-2-12-13(18)16-17-15-12/h3,5,9-11H,1-2,4,6-8H2,(H,15,16,17)/t9-,10+,11-/m1/s1. The number of hydrogen-bond donors (Lipinski definition) is 1. The third-order valence-corrected chi connectivity index (χ3v) is 4.81. The monoisotopic (exact) mass is 258 g/mol. The molecular weight excluding hydrogens is 240 g/mol. The summed E-state index contributed by atoms with van der Waals surface area (Å²) in [7, 11) is 0. The van der Waals surface area contributed by atoms with Crippen LogP contribution in [0.25, 0.3) is 0 Å². The number of fused-ring (bicyclic) bond motifs is 3. The molecule has 1 aromatic rings. The number of nitrogens with zero attached hydrogens (tertiary/aromatic N) is 3. The molecule has 5 nitrogen and oxygen atoms in total. The number of anilines is 1. The van der Waals surface area contributed by atoms with E-state index >= 15 is 0 Å². The summed E-state index contributed by atoms with van der Waals surface area (Å²) in [6.07, 6.45) is 9.90. The lowest BCUT2D eigenvalue weighted by atomic mass is 9.68. The molecule has 0 aromatic carbocycles. The number of amides is 1. The van der Waals surface area contributed by atoms with Crippen molar-refractivity contribution in [3.8, 4) is 0 Å². The number of carbonyl (C=O) groups is 1. The molecule has 19 heavy (non-hydrogen) atoms. The summed E-state index contributed by atoms with van der Waals surface area (Å²) in [4.78, 5) is 14.7. The predicted molar refractivity (Wildman–Crippen MR) is 70.5 cm³/mol. The molecule has 1 aliphatic heterocycles. The second-order valence-corrected chi connectivity index (χ2v) is 5.92. The van der Waals surface area contributed by atoms with E-state index in [1.165, 1.54) is 6.42 Å². The Morgan fingerprint density at radius 3 is 3.00 bits per heavy atom. The number of aromatic nitrogens is 3. The van der Waals surface area contributed by atoms with Crippen molar-refractivity contribution in [2.24, 2.45) is 17.8 Å². The van der Waals surface area contributed by atoms with E-state index in [0.29, 0.717) is 11.8 Å². The maximum atomic E-state index is 12.8. The van der Waals surface area contributed by atoms with E-state index in [4.69, 9.17) is 0 Å². The summed E-state index contributed by atoms with van der Waals surface area (Å²) in [5.74, 6) is 2.23. The molecule has 5 heteroatoms. The van der Waals surface area contributed by atoms with Crippen molar-refractivity contribution in [1.29, 1.82) is 0 Å². The molecule has 1 aromatic heterocycles. The highest BCUT2D eigenvalue weighted by atomic mass is 16.2. The van der Waals surface area contributed by atoms with Crippen LogP contribution < -0.4 is 4.90 Å². The molecule has 2 heterocycles. The van der Waals surface area contributed by atoms with Gasteiger partial charge in [-0.05, 0) is 43.9 Å². The Balaban J connectivity index is 1.61. The van der Waals surface area contributed by atoms with Crippen LogP contribution in [0.15, 0.2) is 12.2 Å². The van der Waals surface area contributed by atoms with Gasteiger partial charge >= 0.3 is 0 Å². The molecule has 5 rings (SSSR count). The minimum absolute atomic E-state index is 0.159. The number of aryl methyl sites for hydroxylation is 1. The van der Waals surface area contributed by atoms with Gasteiger partial charge in [-0.2, -0.15) is 10.3 Å². The molecule has 3 atom stereocenters. The Labute approximate surface area is 112 Å². The van der Waals surface area contributed by atoms with Crippen LogP contribution in [-0.2, 0) is 11.2 Å². The van der Waals surface area contributed by atoms with E-state index < -0.39 is 0 Å². The third kappa shape index (κ3) is 1.71. The summed E-state index contributed by atoms with van der Waals surface area (Å²) in [6, 6.07) is 0. The number of rotatable bonds is 1. The molecular formula is C14H18N4O. The molecule has 0 spiro atoms. The molecule has 0 radical (unpaired) electrons. The lowest BCUT2D eigenvalue weighted by Crippen LogP contribution is -2.44. The Bertz CT molecular complexity index is 535. The SMILES string of the molecule is O=C([C@@H]1C[C@@H]2C=C[C@H]1CC2)N1CCCc2n[nH]nc21. The average Bonchev–Trinajstić information content (AvgIpc) is 2.96. The largest absolute Gasteiger partial charge is 0.293 e. The zero-order chi connectivity index (χ0) is 12.8. The number of nitrogens with one attached hydrogen (secondary N) is 1. The van der Waals surface area contributed by atoms with Crippen molar-refractivity contribution >= 4 is 11.7 Å². The fourth-order valence-electron chi connectivity index (χ4n) is 3.77. The van der Waals surface area contributed by atoms with Gasteiger partial charge < -0.3 is 0 Å². The molecule has 4 aliphatic rings. The zero-order valence-corrected chi connectivity index (χ0v) is 10.9. The lowest BCUT2D eigenvalue weighted by molar-refractivity contribution is -0.125. The predicted octanol–water partition coefficient (Wildman–Crippen LogP) is 1.69. The maximum absolute atomic E-state index is 12.8. The first-order valence-electron chi connectivity index (χ1n) is 7.22. The van der Waals surface area contributed by atoms with Gasteiger partial charge in [0.05, 0.1) is 0 Å². The molecule has 1 amide bonds. The highest BCUT2D eigenvalue weighted by Crippen LogP contribution is 2.42. The third-order valence-electron chi connectivity index (χ3n) is 4.81. The van der Waals surface area contributed by atoms with E-state index in [9.17, 15) is 4.79 Å². The van der Waals surface area contributed by atoms with Gasteiger partial charge in [0, 0.05) is 12.5 Å². The number of aromatic amines is 1. The van der Waals surface area contributed by atoms with Crippen LogP contribution in [0.4, 0.5) is 5.82 Å². The first-order valence-corrected chi connectivity index (χ1v) is 7.22. The van der Waals surface area contributed by atoms with Crippen molar-refractivity contribution in [3.05, 3.63) is 17.8 Å². The number of hydrogen-bond acceptors (Lipinski definition) is 3. The topological polar surface area (TPSA) is 61.9 Å². The molecule has 0 saturated heterocycles. The average molecular weight is 258 g/mol. The van der Waals surface area contributed by atoms with Gasteiger partial charge in [0.15, 0.2) is 5.82 Å². The lowest BCUT2D eigenvalue weighted by Gasteiger charge is -2.39. The summed E-state index contributed by atoms with van der Waals surface area (Å²) < 4.78 is 0. The van der Waals surface area contributed by atoms with Crippen LogP contribution in [-0.4, -0.2) is 27.9 Å². The molecule has 100 valence electrons. The van der Waals surface area contributed by atoms with Crippen molar-refractivity contribution in [3.63, 3.8) is 0 Å². The van der Waals surface area contributed by atoms with Crippen LogP contribution >= 0.6 is 0 Å². The van der Waals surface area contributed by atoms with Gasteiger partial charge in [0.2, 0.25) is 5.91 Å². The second-order valence-electron chi connectivity index (χ2n) is 5.92. The van der Waals surface area contributed by atoms with E-state index in [-0.39, 0.29) is 11.8 Å². The number of carbonyl (C=O) groups excluding carboxylic acids is 1.